The molecule has 4 rings (SSSR count). The van der Waals surface area contributed by atoms with Crippen LogP contribution in [0.15, 0.2) is 47.5 Å². The molecule has 9 heteroatoms. The van der Waals surface area contributed by atoms with Crippen molar-refractivity contribution in [2.45, 2.75) is 36.6 Å². The van der Waals surface area contributed by atoms with E-state index in [0.29, 0.717) is 31.7 Å². The molecular weight excluding hydrogens is 416 g/mol. The van der Waals surface area contributed by atoms with Crippen LogP contribution in [0.1, 0.15) is 36.0 Å². The van der Waals surface area contributed by atoms with Crippen molar-refractivity contribution in [1.82, 2.24) is 14.6 Å². The van der Waals surface area contributed by atoms with Crippen LogP contribution in [0.4, 0.5) is 5.82 Å². The number of benzene rings is 1. The summed E-state index contributed by atoms with van der Waals surface area (Å²) in [6, 6.07) is 10.3. The number of rotatable bonds is 6. The van der Waals surface area contributed by atoms with Crippen LogP contribution < -0.4 is 14.4 Å². The Bertz CT molecular complexity index is 1020. The summed E-state index contributed by atoms with van der Waals surface area (Å²) in [5.74, 6) is 0.952. The molecule has 1 saturated heterocycles. The van der Waals surface area contributed by atoms with E-state index in [9.17, 15) is 13.2 Å². The van der Waals surface area contributed by atoms with Crippen molar-refractivity contribution >= 4 is 21.7 Å². The molecule has 1 aliphatic heterocycles. The number of sulfonamides is 1. The number of nitrogens with one attached hydrogen (secondary N) is 1. The van der Waals surface area contributed by atoms with Crippen LogP contribution in [0.3, 0.4) is 0 Å². The summed E-state index contributed by atoms with van der Waals surface area (Å²) < 4.78 is 34.0. The molecule has 0 radical (unpaired) electrons. The van der Waals surface area contributed by atoms with Gasteiger partial charge in [0, 0.05) is 44.0 Å². The Balaban J connectivity index is 1.49. The molecule has 8 nitrogen and oxygen atoms in total. The van der Waals surface area contributed by atoms with Crippen molar-refractivity contribution in [3.63, 3.8) is 0 Å². The van der Waals surface area contributed by atoms with Crippen LogP contribution in [0.5, 0.6) is 5.75 Å². The van der Waals surface area contributed by atoms with Crippen molar-refractivity contribution < 1.29 is 17.9 Å². The van der Waals surface area contributed by atoms with E-state index in [1.165, 1.54) is 13.2 Å². The molecule has 2 heterocycles. The number of hydrogen-bond acceptors (Lipinski definition) is 6. The summed E-state index contributed by atoms with van der Waals surface area (Å²) in [5.41, 5.74) is 0.346. The zero-order chi connectivity index (χ0) is 21.8. The van der Waals surface area contributed by atoms with Crippen LogP contribution >= 0.6 is 0 Å². The number of carbonyl (C=O) groups excluding carboxylic acids is 1. The Hall–Kier alpha value is -2.65. The van der Waals surface area contributed by atoms with Gasteiger partial charge in [0.05, 0.1) is 7.11 Å². The van der Waals surface area contributed by atoms with Crippen molar-refractivity contribution in [1.29, 1.82) is 0 Å². The van der Waals surface area contributed by atoms with E-state index in [0.717, 1.165) is 31.5 Å². The van der Waals surface area contributed by atoms with E-state index in [1.54, 1.807) is 23.2 Å². The molecule has 2 aromatic rings. The third-order valence-electron chi connectivity index (χ3n) is 5.92. The second-order valence-electron chi connectivity index (χ2n) is 7.94. The molecule has 0 atom stereocenters. The maximum atomic E-state index is 13.1. The Morgan fingerprint density at radius 2 is 1.84 bits per heavy atom. The predicted octanol–water partition coefficient (Wildman–Crippen LogP) is 2.27. The summed E-state index contributed by atoms with van der Waals surface area (Å²) in [4.78, 5) is 21.4. The van der Waals surface area contributed by atoms with Crippen LogP contribution in [-0.2, 0) is 10.0 Å². The minimum Gasteiger partial charge on any atom is -0.495 e. The van der Waals surface area contributed by atoms with E-state index >= 15 is 0 Å². The summed E-state index contributed by atoms with van der Waals surface area (Å²) in [5, 5.41) is 0. The minimum absolute atomic E-state index is 0.0138. The van der Waals surface area contributed by atoms with Gasteiger partial charge < -0.3 is 14.5 Å². The molecule has 31 heavy (non-hydrogen) atoms. The largest absolute Gasteiger partial charge is 0.495 e. The topological polar surface area (TPSA) is 91.8 Å². The van der Waals surface area contributed by atoms with Gasteiger partial charge in [0.25, 0.3) is 5.91 Å². The lowest BCUT2D eigenvalue weighted by Gasteiger charge is -2.35. The first-order valence-corrected chi connectivity index (χ1v) is 12.1. The van der Waals surface area contributed by atoms with Gasteiger partial charge in [-0.1, -0.05) is 18.9 Å². The highest BCUT2D eigenvalue weighted by atomic mass is 32.2. The quantitative estimate of drug-likeness (QED) is 0.735. The fourth-order valence-corrected chi connectivity index (χ4v) is 5.71. The molecule has 2 aliphatic rings. The second-order valence-corrected chi connectivity index (χ2v) is 9.62. The number of ether oxygens (including phenoxy) is 1. The number of hydrogen-bond donors (Lipinski definition) is 1. The minimum atomic E-state index is -3.78. The van der Waals surface area contributed by atoms with Gasteiger partial charge in [0.1, 0.15) is 16.5 Å². The van der Waals surface area contributed by atoms with Gasteiger partial charge in [-0.05, 0) is 43.2 Å². The number of aromatic nitrogens is 1. The fraction of sp³-hybridized carbons (Fsp3) is 0.455. The average Bonchev–Trinajstić information content (AvgIpc) is 3.31. The van der Waals surface area contributed by atoms with Crippen LogP contribution in [0.2, 0.25) is 0 Å². The lowest BCUT2D eigenvalue weighted by atomic mass is 10.1. The van der Waals surface area contributed by atoms with Gasteiger partial charge in [-0.25, -0.2) is 18.1 Å². The lowest BCUT2D eigenvalue weighted by molar-refractivity contribution is 0.0746. The van der Waals surface area contributed by atoms with Gasteiger partial charge in [-0.15, -0.1) is 0 Å². The van der Waals surface area contributed by atoms with Gasteiger partial charge in [-0.3, -0.25) is 4.79 Å². The van der Waals surface area contributed by atoms with Gasteiger partial charge in [0.15, 0.2) is 0 Å². The first-order valence-electron chi connectivity index (χ1n) is 10.6. The highest BCUT2D eigenvalue weighted by molar-refractivity contribution is 7.89. The highest BCUT2D eigenvalue weighted by Crippen LogP contribution is 2.28. The Morgan fingerprint density at radius 3 is 2.48 bits per heavy atom. The van der Waals surface area contributed by atoms with Crippen molar-refractivity contribution in [3.05, 3.63) is 48.2 Å². The first-order chi connectivity index (χ1) is 15.0. The highest BCUT2D eigenvalue weighted by Gasteiger charge is 2.28. The Kier molecular flexibility index (Phi) is 6.43. The number of piperazine rings is 1. The number of carbonyl (C=O) groups is 1. The number of pyridine rings is 1. The monoisotopic (exact) mass is 444 g/mol. The lowest BCUT2D eigenvalue weighted by Crippen LogP contribution is -2.49. The molecule has 0 spiro atoms. The predicted molar refractivity (Wildman–Crippen MR) is 118 cm³/mol. The fourth-order valence-electron chi connectivity index (χ4n) is 4.21. The van der Waals surface area contributed by atoms with E-state index < -0.39 is 10.0 Å². The smallest absolute Gasteiger partial charge is 0.254 e. The molecule has 1 aromatic carbocycles. The maximum absolute atomic E-state index is 13.1. The summed E-state index contributed by atoms with van der Waals surface area (Å²) in [7, 11) is -2.35. The third-order valence-corrected chi connectivity index (χ3v) is 7.46. The van der Waals surface area contributed by atoms with E-state index in [-0.39, 0.29) is 22.6 Å². The summed E-state index contributed by atoms with van der Waals surface area (Å²) >= 11 is 0. The molecule has 0 bridgehead atoms. The summed E-state index contributed by atoms with van der Waals surface area (Å²) in [6.45, 7) is 2.44. The zero-order valence-electron chi connectivity index (χ0n) is 17.7. The molecule has 1 amide bonds. The maximum Gasteiger partial charge on any atom is 0.254 e. The molecule has 1 aliphatic carbocycles. The van der Waals surface area contributed by atoms with Gasteiger partial charge >= 0.3 is 0 Å². The molecular formula is C22H28N4O4S. The van der Waals surface area contributed by atoms with Gasteiger partial charge in [0.2, 0.25) is 10.0 Å². The summed E-state index contributed by atoms with van der Waals surface area (Å²) in [6.07, 6.45) is 5.47. The number of methoxy groups -OCH3 is 1. The van der Waals surface area contributed by atoms with Crippen LogP contribution in [-0.4, -0.2) is 63.5 Å². The molecule has 2 fully saturated rings. The molecule has 1 saturated carbocycles. The number of nitrogens with zero attached hydrogens (tertiary/aromatic N) is 3. The normalized spacial score (nSPS) is 17.7. The van der Waals surface area contributed by atoms with E-state index in [2.05, 4.69) is 14.6 Å². The van der Waals surface area contributed by atoms with Crippen molar-refractivity contribution in [2.75, 3.05) is 38.2 Å². The van der Waals surface area contributed by atoms with Crippen LogP contribution in [0, 0.1) is 0 Å². The molecule has 1 N–H and O–H groups in total. The second kappa shape index (κ2) is 9.23. The van der Waals surface area contributed by atoms with E-state index in [4.69, 9.17) is 4.74 Å². The third kappa shape index (κ3) is 4.83. The molecule has 166 valence electrons. The Labute approximate surface area is 183 Å². The Morgan fingerprint density at radius 1 is 1.10 bits per heavy atom. The SMILES string of the molecule is COc1ccc(C(=O)N2CCN(c3ccccn3)CC2)cc1S(=O)(=O)NC1CCCC1. The first kappa shape index (κ1) is 21.6. The number of anilines is 1. The van der Waals surface area contributed by atoms with Crippen LogP contribution in [0.25, 0.3) is 0 Å². The average molecular weight is 445 g/mol. The van der Waals surface area contributed by atoms with Crippen molar-refractivity contribution in [3.8, 4) is 5.75 Å². The number of amides is 1. The van der Waals surface area contributed by atoms with E-state index in [1.807, 2.05) is 18.2 Å². The standard InChI is InChI=1S/C22H28N4O4S/c1-30-19-10-9-17(16-20(19)31(28,29)24-18-6-2-3-7-18)22(27)26-14-12-25(13-15-26)21-8-4-5-11-23-21/h4-5,8-11,16,18,24H,2-3,6-7,12-15H2,1H3. The molecule has 0 unspecified atom stereocenters. The molecule has 1 aromatic heterocycles. The van der Waals surface area contributed by atoms with Crippen molar-refractivity contribution in [2.24, 2.45) is 0 Å². The van der Waals surface area contributed by atoms with Gasteiger partial charge in [-0.2, -0.15) is 0 Å². The zero-order valence-corrected chi connectivity index (χ0v) is 18.5.